The van der Waals surface area contributed by atoms with Gasteiger partial charge >= 0.3 is 0 Å². The van der Waals surface area contributed by atoms with Gasteiger partial charge in [0, 0.05) is 17.3 Å². The minimum atomic E-state index is -0.0230. The van der Waals surface area contributed by atoms with Crippen LogP contribution in [0, 0.1) is 0 Å². The Morgan fingerprint density at radius 1 is 1.19 bits per heavy atom. The summed E-state index contributed by atoms with van der Waals surface area (Å²) in [5.41, 5.74) is 4.10. The molecule has 0 fully saturated rings. The first-order chi connectivity index (χ1) is 10.3. The number of aromatic nitrogens is 1. The predicted molar refractivity (Wildman–Crippen MR) is 82.1 cm³/mol. The summed E-state index contributed by atoms with van der Waals surface area (Å²) in [6.07, 6.45) is 2.63. The third kappa shape index (κ3) is 1.70. The van der Waals surface area contributed by atoms with E-state index in [1.807, 2.05) is 36.4 Å². The monoisotopic (exact) mass is 277 g/mol. The van der Waals surface area contributed by atoms with Crippen molar-refractivity contribution in [3.8, 4) is 5.75 Å². The van der Waals surface area contributed by atoms with E-state index in [-0.39, 0.29) is 11.7 Å². The summed E-state index contributed by atoms with van der Waals surface area (Å²) in [6.45, 7) is 0. The molecule has 1 aliphatic carbocycles. The van der Waals surface area contributed by atoms with Crippen LogP contribution in [0.3, 0.4) is 0 Å². The van der Waals surface area contributed by atoms with Gasteiger partial charge in [-0.3, -0.25) is 4.79 Å². The standard InChI is InChI=1S/C18H15NO2/c1-21-16-8-4-7-15-17(16)14(10-19-15)18(20)13-9-11-5-2-3-6-12(11)13/h2-8,10,13,19H,9H2,1H3. The van der Waals surface area contributed by atoms with Crippen LogP contribution < -0.4 is 4.74 Å². The molecule has 1 unspecified atom stereocenters. The third-order valence-corrected chi connectivity index (χ3v) is 4.32. The van der Waals surface area contributed by atoms with E-state index in [2.05, 4.69) is 11.1 Å². The molecule has 0 saturated carbocycles. The minimum Gasteiger partial charge on any atom is -0.496 e. The summed E-state index contributed by atoms with van der Waals surface area (Å²) >= 11 is 0. The molecular formula is C18H15NO2. The fourth-order valence-electron chi connectivity index (χ4n) is 3.20. The number of hydrogen-bond acceptors (Lipinski definition) is 2. The SMILES string of the molecule is COc1cccc2[nH]cc(C(=O)C3Cc4ccccc43)c12. The number of aromatic amines is 1. The van der Waals surface area contributed by atoms with Crippen LogP contribution in [-0.4, -0.2) is 17.9 Å². The zero-order valence-electron chi connectivity index (χ0n) is 11.7. The number of ether oxygens (including phenoxy) is 1. The highest BCUT2D eigenvalue weighted by Crippen LogP contribution is 2.39. The molecule has 1 aromatic heterocycles. The Kier molecular flexibility index (Phi) is 2.61. The molecule has 0 saturated heterocycles. The second-order valence-electron chi connectivity index (χ2n) is 5.40. The molecule has 21 heavy (non-hydrogen) atoms. The average Bonchev–Trinajstić information content (AvgIpc) is 2.92. The first kappa shape index (κ1) is 12.2. The number of Topliss-reactive ketones (excluding diaryl/α,β-unsaturated/α-hetero) is 1. The number of nitrogens with one attached hydrogen (secondary N) is 1. The molecule has 0 spiro atoms. The molecule has 3 heteroatoms. The number of methoxy groups -OCH3 is 1. The maximum atomic E-state index is 12.9. The van der Waals surface area contributed by atoms with Crippen LogP contribution in [-0.2, 0) is 6.42 Å². The Morgan fingerprint density at radius 2 is 2.05 bits per heavy atom. The van der Waals surface area contributed by atoms with Crippen molar-refractivity contribution in [2.75, 3.05) is 7.11 Å². The lowest BCUT2D eigenvalue weighted by molar-refractivity contribution is 0.0950. The number of ketones is 1. The van der Waals surface area contributed by atoms with Crippen molar-refractivity contribution in [3.05, 3.63) is 65.4 Å². The molecule has 4 rings (SSSR count). The van der Waals surface area contributed by atoms with Crippen LogP contribution in [0.1, 0.15) is 27.4 Å². The number of rotatable bonds is 3. The van der Waals surface area contributed by atoms with Crippen LogP contribution in [0.15, 0.2) is 48.7 Å². The number of fused-ring (bicyclic) bond motifs is 2. The molecule has 0 aliphatic heterocycles. The largest absolute Gasteiger partial charge is 0.496 e. The highest BCUT2D eigenvalue weighted by atomic mass is 16.5. The van der Waals surface area contributed by atoms with Crippen LogP contribution in [0.2, 0.25) is 0 Å². The van der Waals surface area contributed by atoms with Gasteiger partial charge in [0.25, 0.3) is 0 Å². The van der Waals surface area contributed by atoms with Crippen molar-refractivity contribution >= 4 is 16.7 Å². The van der Waals surface area contributed by atoms with E-state index in [9.17, 15) is 4.79 Å². The Labute approximate surface area is 122 Å². The number of carbonyl (C=O) groups excluding carboxylic acids is 1. The second-order valence-corrected chi connectivity index (χ2v) is 5.40. The van der Waals surface area contributed by atoms with Gasteiger partial charge < -0.3 is 9.72 Å². The normalized spacial score (nSPS) is 16.3. The van der Waals surface area contributed by atoms with E-state index in [1.54, 1.807) is 13.3 Å². The van der Waals surface area contributed by atoms with Crippen molar-refractivity contribution in [2.45, 2.75) is 12.3 Å². The minimum absolute atomic E-state index is 0.0230. The van der Waals surface area contributed by atoms with Gasteiger partial charge in [-0.2, -0.15) is 0 Å². The van der Waals surface area contributed by atoms with Gasteiger partial charge in [0.05, 0.1) is 18.4 Å². The summed E-state index contributed by atoms with van der Waals surface area (Å²) in [5.74, 6) is 0.888. The molecule has 3 nitrogen and oxygen atoms in total. The summed E-state index contributed by atoms with van der Waals surface area (Å²) in [7, 11) is 1.63. The molecule has 0 bridgehead atoms. The second kappa shape index (κ2) is 4.48. The molecule has 2 aromatic carbocycles. The van der Waals surface area contributed by atoms with E-state index in [0.29, 0.717) is 0 Å². The molecule has 104 valence electrons. The number of H-pyrrole nitrogens is 1. The van der Waals surface area contributed by atoms with Crippen LogP contribution >= 0.6 is 0 Å². The molecule has 0 amide bonds. The highest BCUT2D eigenvalue weighted by molar-refractivity contribution is 6.13. The van der Waals surface area contributed by atoms with Gasteiger partial charge in [0.15, 0.2) is 5.78 Å². The average molecular weight is 277 g/mol. The lowest BCUT2D eigenvalue weighted by Crippen LogP contribution is -2.25. The van der Waals surface area contributed by atoms with E-state index >= 15 is 0 Å². The summed E-state index contributed by atoms with van der Waals surface area (Å²) < 4.78 is 5.41. The first-order valence-corrected chi connectivity index (χ1v) is 7.05. The highest BCUT2D eigenvalue weighted by Gasteiger charge is 2.33. The number of benzene rings is 2. The molecule has 3 aromatic rings. The first-order valence-electron chi connectivity index (χ1n) is 7.05. The molecule has 1 aliphatic rings. The van der Waals surface area contributed by atoms with Crippen molar-refractivity contribution in [1.29, 1.82) is 0 Å². The Morgan fingerprint density at radius 3 is 2.86 bits per heavy atom. The molecule has 1 atom stereocenters. The fourth-order valence-corrected chi connectivity index (χ4v) is 3.20. The van der Waals surface area contributed by atoms with Gasteiger partial charge in [-0.25, -0.2) is 0 Å². The lowest BCUT2D eigenvalue weighted by Gasteiger charge is -2.28. The zero-order chi connectivity index (χ0) is 14.4. The number of hydrogen-bond donors (Lipinski definition) is 1. The summed E-state index contributed by atoms with van der Waals surface area (Å²) in [6, 6.07) is 13.9. The summed E-state index contributed by atoms with van der Waals surface area (Å²) in [5, 5.41) is 0.884. The van der Waals surface area contributed by atoms with Gasteiger partial charge in [0.1, 0.15) is 5.75 Å². The maximum absolute atomic E-state index is 12.9. The van der Waals surface area contributed by atoms with E-state index < -0.39 is 0 Å². The van der Waals surface area contributed by atoms with Gasteiger partial charge in [-0.1, -0.05) is 30.3 Å². The van der Waals surface area contributed by atoms with Crippen LogP contribution in [0.5, 0.6) is 5.75 Å². The van der Waals surface area contributed by atoms with Gasteiger partial charge in [0.2, 0.25) is 0 Å². The van der Waals surface area contributed by atoms with Gasteiger partial charge in [-0.15, -0.1) is 0 Å². The fraction of sp³-hybridized carbons (Fsp3) is 0.167. The van der Waals surface area contributed by atoms with Crippen molar-refractivity contribution < 1.29 is 9.53 Å². The third-order valence-electron chi connectivity index (χ3n) is 4.32. The predicted octanol–water partition coefficient (Wildman–Crippen LogP) is 3.70. The Bertz CT molecular complexity index is 847. The molecule has 1 N–H and O–H groups in total. The van der Waals surface area contributed by atoms with Crippen LogP contribution in [0.4, 0.5) is 0 Å². The molecular weight excluding hydrogens is 262 g/mol. The zero-order valence-corrected chi connectivity index (χ0v) is 11.7. The van der Waals surface area contributed by atoms with Crippen molar-refractivity contribution in [2.24, 2.45) is 0 Å². The smallest absolute Gasteiger partial charge is 0.172 e. The Hall–Kier alpha value is -2.55. The van der Waals surface area contributed by atoms with Crippen LogP contribution in [0.25, 0.3) is 10.9 Å². The van der Waals surface area contributed by atoms with Gasteiger partial charge in [-0.05, 0) is 29.7 Å². The maximum Gasteiger partial charge on any atom is 0.172 e. The Balaban J connectivity index is 1.80. The summed E-state index contributed by atoms with van der Waals surface area (Å²) in [4.78, 5) is 16.0. The van der Waals surface area contributed by atoms with E-state index in [0.717, 1.165) is 34.2 Å². The van der Waals surface area contributed by atoms with E-state index in [4.69, 9.17) is 4.74 Å². The molecule has 0 radical (unpaired) electrons. The number of carbonyl (C=O) groups is 1. The molecule has 1 heterocycles. The van der Waals surface area contributed by atoms with E-state index in [1.165, 1.54) is 5.56 Å². The lowest BCUT2D eigenvalue weighted by atomic mass is 9.74. The topological polar surface area (TPSA) is 42.1 Å². The van der Waals surface area contributed by atoms with Crippen molar-refractivity contribution in [1.82, 2.24) is 4.98 Å². The quantitative estimate of drug-likeness (QED) is 0.742. The van der Waals surface area contributed by atoms with Crippen molar-refractivity contribution in [3.63, 3.8) is 0 Å².